The van der Waals surface area contributed by atoms with Gasteiger partial charge in [0.15, 0.2) is 11.2 Å². The molecule has 0 aliphatic heterocycles. The van der Waals surface area contributed by atoms with Crippen LogP contribution >= 0.6 is 11.6 Å². The fraction of sp³-hybridized carbons (Fsp3) is 0.476. The van der Waals surface area contributed by atoms with E-state index in [-0.39, 0.29) is 24.3 Å². The Bertz CT molecular complexity index is 1170. The quantitative estimate of drug-likeness (QED) is 0.459. The highest BCUT2D eigenvalue weighted by Gasteiger charge is 2.21. The van der Waals surface area contributed by atoms with Gasteiger partial charge in [-0.2, -0.15) is 4.98 Å². The van der Waals surface area contributed by atoms with E-state index in [0.29, 0.717) is 23.3 Å². The highest BCUT2D eigenvalue weighted by Crippen LogP contribution is 2.23. The molecule has 2 heterocycles. The lowest BCUT2D eigenvalue weighted by Gasteiger charge is -2.16. The number of fused-ring (bicyclic) bond motifs is 1. The van der Waals surface area contributed by atoms with Crippen LogP contribution in [0.5, 0.6) is 5.75 Å². The minimum atomic E-state index is -0.938. The minimum absolute atomic E-state index is 0.0231. The number of aliphatic hydroxyl groups excluding tert-OH is 1. The summed E-state index contributed by atoms with van der Waals surface area (Å²) in [5, 5.41) is 14.3. The molecule has 1 atom stereocenters. The molecular weight excluding hydrogens is 422 g/mol. The van der Waals surface area contributed by atoms with Gasteiger partial charge in [0.1, 0.15) is 18.5 Å². The molecule has 1 aromatic carbocycles. The van der Waals surface area contributed by atoms with Gasteiger partial charge in [-0.15, -0.1) is 0 Å². The van der Waals surface area contributed by atoms with Gasteiger partial charge < -0.3 is 19.7 Å². The zero-order valence-corrected chi connectivity index (χ0v) is 18.7. The summed E-state index contributed by atoms with van der Waals surface area (Å²) in [6.07, 6.45) is 2.13. The third-order valence-corrected chi connectivity index (χ3v) is 5.38. The number of rotatable bonds is 10. The van der Waals surface area contributed by atoms with E-state index in [1.165, 1.54) is 11.6 Å². The minimum Gasteiger partial charge on any atom is -0.489 e. The lowest BCUT2D eigenvalue weighted by molar-refractivity contribution is 0.0938. The number of imidazole rings is 1. The molecular formula is C21H28ClN5O4. The second-order valence-corrected chi connectivity index (χ2v) is 7.86. The lowest BCUT2D eigenvalue weighted by Crippen LogP contribution is -2.38. The largest absolute Gasteiger partial charge is 0.489 e. The predicted molar refractivity (Wildman–Crippen MR) is 121 cm³/mol. The first kappa shape index (κ1) is 22.9. The Kier molecular flexibility index (Phi) is 7.40. The second-order valence-electron chi connectivity index (χ2n) is 7.45. The molecule has 31 heavy (non-hydrogen) atoms. The lowest BCUT2D eigenvalue weighted by atomic mass is 10.2. The molecule has 0 saturated heterocycles. The summed E-state index contributed by atoms with van der Waals surface area (Å²) in [5.41, 5.74) is -0.404. The van der Waals surface area contributed by atoms with Crippen LogP contribution in [0.25, 0.3) is 11.2 Å². The molecule has 0 radical (unpaired) electrons. The van der Waals surface area contributed by atoms with Gasteiger partial charge >= 0.3 is 5.69 Å². The van der Waals surface area contributed by atoms with Crippen LogP contribution in [0.15, 0.2) is 33.9 Å². The van der Waals surface area contributed by atoms with Crippen LogP contribution < -0.4 is 21.3 Å². The topological polar surface area (TPSA) is 103 Å². The summed E-state index contributed by atoms with van der Waals surface area (Å²) in [6.45, 7) is 2.82. The fourth-order valence-corrected chi connectivity index (χ4v) is 3.54. The summed E-state index contributed by atoms with van der Waals surface area (Å²) < 4.78 is 9.62. The van der Waals surface area contributed by atoms with Crippen molar-refractivity contribution < 1.29 is 9.84 Å². The standard InChI is InChI=1S/C21H28ClN5O4/c1-4-5-8-11-23-20-24-18-17(19(29)26(3)21(30)25(18)2)27(20)12-14(28)13-31-16-10-7-6-9-15(16)22/h6-7,9-10,14,28H,4-5,8,11-13H2,1-3H3,(H,23,24). The van der Waals surface area contributed by atoms with E-state index in [2.05, 4.69) is 17.2 Å². The fourth-order valence-electron chi connectivity index (χ4n) is 3.35. The van der Waals surface area contributed by atoms with Crippen molar-refractivity contribution in [1.29, 1.82) is 0 Å². The van der Waals surface area contributed by atoms with Crippen LogP contribution in [0.2, 0.25) is 5.02 Å². The smallest absolute Gasteiger partial charge is 0.332 e. The molecule has 0 spiro atoms. The Hall–Kier alpha value is -2.78. The molecule has 0 fully saturated rings. The summed E-state index contributed by atoms with van der Waals surface area (Å²) in [7, 11) is 2.99. The summed E-state index contributed by atoms with van der Waals surface area (Å²) in [6, 6.07) is 7.00. The van der Waals surface area contributed by atoms with Crippen LogP contribution in [-0.2, 0) is 20.6 Å². The van der Waals surface area contributed by atoms with Crippen LogP contribution in [0.3, 0.4) is 0 Å². The number of hydrogen-bond acceptors (Lipinski definition) is 6. The van der Waals surface area contributed by atoms with Gasteiger partial charge in [-0.05, 0) is 18.6 Å². The summed E-state index contributed by atoms with van der Waals surface area (Å²) in [4.78, 5) is 29.6. The number of aromatic nitrogens is 4. The highest BCUT2D eigenvalue weighted by molar-refractivity contribution is 6.32. The number of hydrogen-bond donors (Lipinski definition) is 2. The number of aliphatic hydroxyl groups is 1. The first-order chi connectivity index (χ1) is 14.8. The van der Waals surface area contributed by atoms with Gasteiger partial charge in [0.05, 0.1) is 11.6 Å². The number of aryl methyl sites for hydroxylation is 1. The normalized spacial score (nSPS) is 12.3. The van der Waals surface area contributed by atoms with Gasteiger partial charge in [0, 0.05) is 20.6 Å². The van der Waals surface area contributed by atoms with Crippen LogP contribution in [-0.4, -0.2) is 43.0 Å². The maximum atomic E-state index is 12.8. The highest BCUT2D eigenvalue weighted by atomic mass is 35.5. The van der Waals surface area contributed by atoms with Crippen LogP contribution in [0, 0.1) is 0 Å². The maximum absolute atomic E-state index is 12.8. The van der Waals surface area contributed by atoms with Crippen molar-refractivity contribution in [3.05, 3.63) is 50.1 Å². The third kappa shape index (κ3) is 4.94. The number of nitrogens with one attached hydrogen (secondary N) is 1. The van der Waals surface area contributed by atoms with Gasteiger partial charge in [-0.25, -0.2) is 4.79 Å². The third-order valence-electron chi connectivity index (χ3n) is 5.07. The molecule has 0 aliphatic rings. The number of para-hydroxylation sites is 1. The Morgan fingerprint density at radius 2 is 1.94 bits per heavy atom. The number of benzene rings is 1. The van der Waals surface area contributed by atoms with Crippen molar-refractivity contribution >= 4 is 28.7 Å². The molecule has 3 rings (SSSR count). The van der Waals surface area contributed by atoms with Gasteiger partial charge in [-0.3, -0.25) is 13.9 Å². The van der Waals surface area contributed by atoms with Gasteiger partial charge in [-0.1, -0.05) is 43.5 Å². The van der Waals surface area contributed by atoms with Crippen molar-refractivity contribution in [2.75, 3.05) is 18.5 Å². The van der Waals surface area contributed by atoms with Gasteiger partial charge in [0.2, 0.25) is 5.95 Å². The van der Waals surface area contributed by atoms with E-state index >= 15 is 0 Å². The molecule has 9 nitrogen and oxygen atoms in total. The van der Waals surface area contributed by atoms with E-state index in [1.54, 1.807) is 35.9 Å². The average Bonchev–Trinajstić information content (AvgIpc) is 3.11. The maximum Gasteiger partial charge on any atom is 0.332 e. The first-order valence-corrected chi connectivity index (χ1v) is 10.7. The van der Waals surface area contributed by atoms with E-state index in [1.807, 2.05) is 0 Å². The number of nitrogens with zero attached hydrogens (tertiary/aromatic N) is 4. The van der Waals surface area contributed by atoms with Crippen molar-refractivity contribution in [2.24, 2.45) is 14.1 Å². The van der Waals surface area contributed by atoms with Crippen molar-refractivity contribution in [3.63, 3.8) is 0 Å². The van der Waals surface area contributed by atoms with Crippen molar-refractivity contribution in [2.45, 2.75) is 38.8 Å². The molecule has 0 saturated carbocycles. The zero-order valence-electron chi connectivity index (χ0n) is 18.0. The van der Waals surface area contributed by atoms with Crippen LogP contribution in [0.1, 0.15) is 26.2 Å². The average molecular weight is 450 g/mol. The molecule has 2 N–H and O–H groups in total. The SMILES string of the molecule is CCCCCNc1nc2c(c(=O)n(C)c(=O)n2C)n1CC(O)COc1ccccc1Cl. The molecule has 3 aromatic rings. The Morgan fingerprint density at radius 3 is 2.65 bits per heavy atom. The van der Waals surface area contributed by atoms with E-state index < -0.39 is 17.4 Å². The van der Waals surface area contributed by atoms with E-state index in [0.717, 1.165) is 23.8 Å². The Balaban J connectivity index is 1.91. The number of ether oxygens (including phenoxy) is 1. The summed E-state index contributed by atoms with van der Waals surface area (Å²) in [5.74, 6) is 0.899. The monoisotopic (exact) mass is 449 g/mol. The molecule has 10 heteroatoms. The molecule has 0 bridgehead atoms. The summed E-state index contributed by atoms with van der Waals surface area (Å²) >= 11 is 6.10. The zero-order chi connectivity index (χ0) is 22.5. The Labute approximate surface area is 184 Å². The molecule has 1 unspecified atom stereocenters. The Morgan fingerprint density at radius 1 is 1.19 bits per heavy atom. The second kappa shape index (κ2) is 10.0. The first-order valence-electron chi connectivity index (χ1n) is 10.3. The van der Waals surface area contributed by atoms with E-state index in [4.69, 9.17) is 16.3 Å². The molecule has 168 valence electrons. The molecule has 0 aliphatic carbocycles. The van der Waals surface area contributed by atoms with Crippen LogP contribution in [0.4, 0.5) is 5.95 Å². The van der Waals surface area contributed by atoms with Gasteiger partial charge in [0.25, 0.3) is 5.56 Å². The van der Waals surface area contributed by atoms with Crippen molar-refractivity contribution in [1.82, 2.24) is 18.7 Å². The molecule has 0 amide bonds. The van der Waals surface area contributed by atoms with E-state index in [9.17, 15) is 14.7 Å². The van der Waals surface area contributed by atoms with Crippen molar-refractivity contribution in [3.8, 4) is 5.75 Å². The number of halogens is 1. The predicted octanol–water partition coefficient (Wildman–Crippen LogP) is 2.13. The number of unbranched alkanes of at least 4 members (excludes halogenated alkanes) is 2. The molecule has 2 aromatic heterocycles. The number of anilines is 1.